The highest BCUT2D eigenvalue weighted by molar-refractivity contribution is 6.05. The summed E-state index contributed by atoms with van der Waals surface area (Å²) in [4.78, 5) is 12.8. The van der Waals surface area contributed by atoms with E-state index in [1.807, 2.05) is 43.3 Å². The normalized spacial score (nSPS) is 20.4. The van der Waals surface area contributed by atoms with Crippen molar-refractivity contribution >= 4 is 17.3 Å². The first-order chi connectivity index (χ1) is 16.1. The standard InChI is InChI=1S/C28H28N2O3/c1-17-7-4-5-8-20(17)28(31)29-19-12-13-24-23(16-19)21-9-6-10-22(21)27(30-24)18-11-14-25(32-2)26(15-18)33-3/h4-9,11-16,21-22,27,30H,10H2,1-3H3,(H,29,31). The van der Waals surface area contributed by atoms with Crippen molar-refractivity contribution in [2.45, 2.75) is 25.3 Å². The number of anilines is 2. The number of allylic oxidation sites excluding steroid dienone is 2. The molecule has 3 aromatic carbocycles. The number of carbonyl (C=O) groups excluding carboxylic acids is 1. The Kier molecular flexibility index (Phi) is 5.55. The highest BCUT2D eigenvalue weighted by atomic mass is 16.5. The van der Waals surface area contributed by atoms with Gasteiger partial charge in [-0.3, -0.25) is 4.79 Å². The first-order valence-corrected chi connectivity index (χ1v) is 11.2. The molecule has 0 saturated carbocycles. The molecule has 3 unspecified atom stereocenters. The summed E-state index contributed by atoms with van der Waals surface area (Å²) < 4.78 is 11.0. The number of hydrogen-bond acceptors (Lipinski definition) is 4. The number of rotatable bonds is 5. The van der Waals surface area contributed by atoms with E-state index in [0.717, 1.165) is 34.9 Å². The van der Waals surface area contributed by atoms with E-state index in [9.17, 15) is 4.79 Å². The third-order valence-corrected chi connectivity index (χ3v) is 6.78. The zero-order chi connectivity index (χ0) is 22.9. The van der Waals surface area contributed by atoms with Crippen LogP contribution in [-0.4, -0.2) is 20.1 Å². The minimum Gasteiger partial charge on any atom is -0.493 e. The summed E-state index contributed by atoms with van der Waals surface area (Å²) >= 11 is 0. The van der Waals surface area contributed by atoms with Gasteiger partial charge in [0.25, 0.3) is 5.91 Å². The van der Waals surface area contributed by atoms with Gasteiger partial charge in [-0.1, -0.05) is 36.4 Å². The van der Waals surface area contributed by atoms with Crippen molar-refractivity contribution in [2.24, 2.45) is 5.92 Å². The Labute approximate surface area is 194 Å². The van der Waals surface area contributed by atoms with Gasteiger partial charge in [0.15, 0.2) is 11.5 Å². The Morgan fingerprint density at radius 1 is 1.00 bits per heavy atom. The number of aryl methyl sites for hydroxylation is 1. The van der Waals surface area contributed by atoms with Gasteiger partial charge in [-0.05, 0) is 72.4 Å². The molecule has 5 rings (SSSR count). The fourth-order valence-electron chi connectivity index (χ4n) is 5.07. The molecular formula is C28H28N2O3. The molecule has 33 heavy (non-hydrogen) atoms. The maximum Gasteiger partial charge on any atom is 0.255 e. The number of hydrogen-bond donors (Lipinski definition) is 2. The average Bonchev–Trinajstić information content (AvgIpc) is 3.34. The van der Waals surface area contributed by atoms with Crippen LogP contribution in [0.15, 0.2) is 72.8 Å². The second-order valence-corrected chi connectivity index (χ2v) is 8.66. The Balaban J connectivity index is 1.44. The van der Waals surface area contributed by atoms with Crippen molar-refractivity contribution in [3.05, 3.63) is 95.1 Å². The molecule has 5 heteroatoms. The van der Waals surface area contributed by atoms with Gasteiger partial charge in [-0.2, -0.15) is 0 Å². The minimum absolute atomic E-state index is 0.0847. The second kappa shape index (κ2) is 8.66. The molecule has 0 bridgehead atoms. The minimum atomic E-state index is -0.0847. The number of nitrogens with one attached hydrogen (secondary N) is 2. The van der Waals surface area contributed by atoms with E-state index in [0.29, 0.717) is 11.5 Å². The van der Waals surface area contributed by atoms with Crippen molar-refractivity contribution in [2.75, 3.05) is 24.9 Å². The van der Waals surface area contributed by atoms with E-state index in [1.54, 1.807) is 14.2 Å². The summed E-state index contributed by atoms with van der Waals surface area (Å²) in [5, 5.41) is 6.82. The molecule has 3 atom stereocenters. The summed E-state index contributed by atoms with van der Waals surface area (Å²) in [5.74, 6) is 2.05. The fraction of sp³-hybridized carbons (Fsp3) is 0.250. The van der Waals surface area contributed by atoms with Crippen molar-refractivity contribution in [1.82, 2.24) is 0 Å². The predicted molar refractivity (Wildman–Crippen MR) is 131 cm³/mol. The quantitative estimate of drug-likeness (QED) is 0.471. The van der Waals surface area contributed by atoms with Gasteiger partial charge in [-0.25, -0.2) is 0 Å². The fourth-order valence-corrected chi connectivity index (χ4v) is 5.07. The summed E-state index contributed by atoms with van der Waals surface area (Å²) in [5.41, 5.74) is 5.96. The van der Waals surface area contributed by atoms with Crippen LogP contribution in [-0.2, 0) is 0 Å². The first-order valence-electron chi connectivity index (χ1n) is 11.2. The van der Waals surface area contributed by atoms with E-state index in [2.05, 4.69) is 47.1 Å². The van der Waals surface area contributed by atoms with Crippen molar-refractivity contribution < 1.29 is 14.3 Å². The highest BCUT2D eigenvalue weighted by Crippen LogP contribution is 2.51. The summed E-state index contributed by atoms with van der Waals surface area (Å²) in [6.45, 7) is 1.95. The molecule has 2 aliphatic rings. The van der Waals surface area contributed by atoms with Gasteiger partial charge in [0.2, 0.25) is 0 Å². The van der Waals surface area contributed by atoms with Crippen LogP contribution in [0.1, 0.15) is 45.4 Å². The summed E-state index contributed by atoms with van der Waals surface area (Å²) in [6.07, 6.45) is 5.55. The highest BCUT2D eigenvalue weighted by Gasteiger charge is 2.38. The molecule has 0 aromatic heterocycles. The van der Waals surface area contributed by atoms with E-state index >= 15 is 0 Å². The van der Waals surface area contributed by atoms with E-state index < -0.39 is 0 Å². The molecule has 168 valence electrons. The van der Waals surface area contributed by atoms with E-state index in [4.69, 9.17) is 9.47 Å². The number of benzene rings is 3. The molecule has 0 radical (unpaired) electrons. The topological polar surface area (TPSA) is 59.6 Å². The van der Waals surface area contributed by atoms with Gasteiger partial charge < -0.3 is 20.1 Å². The van der Waals surface area contributed by atoms with E-state index in [1.165, 1.54) is 11.1 Å². The predicted octanol–water partition coefficient (Wildman–Crippen LogP) is 6.09. The van der Waals surface area contributed by atoms with Crippen molar-refractivity contribution in [3.63, 3.8) is 0 Å². The number of amides is 1. The molecule has 1 aliphatic heterocycles. The molecule has 5 nitrogen and oxygen atoms in total. The molecule has 0 spiro atoms. The number of ether oxygens (including phenoxy) is 2. The van der Waals surface area contributed by atoms with Crippen LogP contribution in [0, 0.1) is 12.8 Å². The average molecular weight is 441 g/mol. The SMILES string of the molecule is COc1ccc(C2Nc3ccc(NC(=O)c4ccccc4C)cc3C3C=CCC32)cc1OC. The van der Waals surface area contributed by atoms with Gasteiger partial charge in [0.05, 0.1) is 20.3 Å². The van der Waals surface area contributed by atoms with Crippen LogP contribution in [0.25, 0.3) is 0 Å². The van der Waals surface area contributed by atoms with Crippen LogP contribution < -0.4 is 20.1 Å². The largest absolute Gasteiger partial charge is 0.493 e. The number of fused-ring (bicyclic) bond motifs is 3. The lowest BCUT2D eigenvalue weighted by Gasteiger charge is -2.38. The first kappa shape index (κ1) is 21.1. The zero-order valence-corrected chi connectivity index (χ0v) is 19.1. The molecule has 2 N–H and O–H groups in total. The Hall–Kier alpha value is -3.73. The lowest BCUT2D eigenvalue weighted by Crippen LogP contribution is -2.29. The molecule has 1 amide bonds. The van der Waals surface area contributed by atoms with Crippen LogP contribution in [0.3, 0.4) is 0 Å². The van der Waals surface area contributed by atoms with Crippen LogP contribution in [0.2, 0.25) is 0 Å². The van der Waals surface area contributed by atoms with Gasteiger partial charge in [0, 0.05) is 22.9 Å². The Morgan fingerprint density at radius 2 is 1.82 bits per heavy atom. The molecule has 0 saturated heterocycles. The van der Waals surface area contributed by atoms with Crippen LogP contribution in [0.4, 0.5) is 11.4 Å². The maximum absolute atomic E-state index is 12.8. The van der Waals surface area contributed by atoms with Gasteiger partial charge >= 0.3 is 0 Å². The third kappa shape index (κ3) is 3.84. The monoisotopic (exact) mass is 440 g/mol. The molecule has 0 fully saturated rings. The second-order valence-electron chi connectivity index (χ2n) is 8.66. The molecule has 3 aromatic rings. The molecule has 1 aliphatic carbocycles. The zero-order valence-electron chi connectivity index (χ0n) is 19.1. The van der Waals surface area contributed by atoms with Crippen LogP contribution >= 0.6 is 0 Å². The Bertz CT molecular complexity index is 1230. The number of carbonyl (C=O) groups is 1. The Morgan fingerprint density at radius 3 is 2.61 bits per heavy atom. The molecular weight excluding hydrogens is 412 g/mol. The van der Waals surface area contributed by atoms with Gasteiger partial charge in [-0.15, -0.1) is 0 Å². The lowest BCUT2D eigenvalue weighted by atomic mass is 9.77. The van der Waals surface area contributed by atoms with Crippen molar-refractivity contribution in [1.29, 1.82) is 0 Å². The van der Waals surface area contributed by atoms with Crippen LogP contribution in [0.5, 0.6) is 11.5 Å². The van der Waals surface area contributed by atoms with Crippen molar-refractivity contribution in [3.8, 4) is 11.5 Å². The maximum atomic E-state index is 12.8. The third-order valence-electron chi connectivity index (χ3n) is 6.78. The van der Waals surface area contributed by atoms with Gasteiger partial charge in [0.1, 0.15) is 0 Å². The van der Waals surface area contributed by atoms with E-state index in [-0.39, 0.29) is 17.9 Å². The summed E-state index contributed by atoms with van der Waals surface area (Å²) in [7, 11) is 3.32. The number of methoxy groups -OCH3 is 2. The smallest absolute Gasteiger partial charge is 0.255 e. The lowest BCUT2D eigenvalue weighted by molar-refractivity contribution is 0.102. The molecule has 1 heterocycles. The summed E-state index contributed by atoms with van der Waals surface area (Å²) in [6, 6.07) is 20.1.